The van der Waals surface area contributed by atoms with E-state index in [1.54, 1.807) is 18.2 Å². The number of hydrogen-bond donors (Lipinski definition) is 1. The predicted molar refractivity (Wildman–Crippen MR) is 110 cm³/mol. The zero-order valence-corrected chi connectivity index (χ0v) is 16.4. The molecule has 0 aliphatic carbocycles. The molecule has 0 spiro atoms. The molecule has 5 nitrogen and oxygen atoms in total. The molecule has 142 valence electrons. The number of carbonyl (C=O) groups is 2. The Morgan fingerprint density at radius 3 is 2.30 bits per heavy atom. The summed E-state index contributed by atoms with van der Waals surface area (Å²) in [4.78, 5) is 28.8. The summed E-state index contributed by atoms with van der Waals surface area (Å²) in [6.07, 6.45) is 0. The number of ketones is 1. The van der Waals surface area contributed by atoms with E-state index >= 15 is 0 Å². The van der Waals surface area contributed by atoms with Crippen LogP contribution in [0.25, 0.3) is 0 Å². The van der Waals surface area contributed by atoms with Crippen molar-refractivity contribution in [2.45, 2.75) is 19.9 Å². The van der Waals surface area contributed by atoms with Crippen LogP contribution in [0.5, 0.6) is 0 Å². The lowest BCUT2D eigenvalue weighted by molar-refractivity contribution is -0.120. The van der Waals surface area contributed by atoms with Crippen LogP contribution in [-0.2, 0) is 4.79 Å². The van der Waals surface area contributed by atoms with Crippen molar-refractivity contribution in [1.29, 1.82) is 0 Å². The summed E-state index contributed by atoms with van der Waals surface area (Å²) in [5, 5.41) is 3.65. The number of rotatable bonds is 5. The monoisotopic (exact) mass is 385 g/mol. The van der Waals surface area contributed by atoms with Gasteiger partial charge >= 0.3 is 0 Å². The Hall–Kier alpha value is -2.37. The van der Waals surface area contributed by atoms with Crippen molar-refractivity contribution in [2.75, 3.05) is 36.4 Å². The van der Waals surface area contributed by atoms with Crippen molar-refractivity contribution >= 4 is 34.7 Å². The molecule has 0 aromatic heterocycles. The number of nitrogens with one attached hydrogen (secondary N) is 1. The van der Waals surface area contributed by atoms with Gasteiger partial charge in [0.05, 0.1) is 22.4 Å². The molecule has 0 radical (unpaired) electrons. The van der Waals surface area contributed by atoms with Gasteiger partial charge in [-0.1, -0.05) is 35.9 Å². The number of piperazine rings is 1. The van der Waals surface area contributed by atoms with Crippen molar-refractivity contribution in [3.63, 3.8) is 0 Å². The minimum absolute atomic E-state index is 0.0630. The summed E-state index contributed by atoms with van der Waals surface area (Å²) in [5.41, 5.74) is 2.13. The molecule has 27 heavy (non-hydrogen) atoms. The second-order valence-corrected chi connectivity index (χ2v) is 7.15. The van der Waals surface area contributed by atoms with E-state index in [-0.39, 0.29) is 17.7 Å². The average molecular weight is 386 g/mol. The fourth-order valence-corrected chi connectivity index (χ4v) is 3.62. The molecule has 1 heterocycles. The highest BCUT2D eigenvalue weighted by molar-refractivity contribution is 6.33. The second-order valence-electron chi connectivity index (χ2n) is 6.74. The van der Waals surface area contributed by atoms with E-state index in [4.69, 9.17) is 11.6 Å². The first-order chi connectivity index (χ1) is 13.0. The molecule has 1 saturated heterocycles. The SMILES string of the molecule is CC(=O)c1ccccc1NC(=O)[C@H](C)N1CCN(c2ccccc2Cl)CC1. The van der Waals surface area contributed by atoms with Crippen molar-refractivity contribution in [2.24, 2.45) is 0 Å². The van der Waals surface area contributed by atoms with Gasteiger partial charge < -0.3 is 10.2 Å². The third-order valence-electron chi connectivity index (χ3n) is 5.00. The van der Waals surface area contributed by atoms with Gasteiger partial charge in [0.15, 0.2) is 5.78 Å². The maximum Gasteiger partial charge on any atom is 0.241 e. The van der Waals surface area contributed by atoms with E-state index in [9.17, 15) is 9.59 Å². The first-order valence-electron chi connectivity index (χ1n) is 9.11. The predicted octanol–water partition coefficient (Wildman–Crippen LogP) is 3.69. The van der Waals surface area contributed by atoms with Gasteiger partial charge in [0.1, 0.15) is 0 Å². The van der Waals surface area contributed by atoms with E-state index < -0.39 is 0 Å². The van der Waals surface area contributed by atoms with E-state index in [0.29, 0.717) is 11.3 Å². The molecular weight excluding hydrogens is 362 g/mol. The van der Waals surface area contributed by atoms with Crippen molar-refractivity contribution < 1.29 is 9.59 Å². The number of benzene rings is 2. The molecule has 0 saturated carbocycles. The summed E-state index contributed by atoms with van der Waals surface area (Å²) in [6.45, 7) is 6.57. The molecule has 0 bridgehead atoms. The van der Waals surface area contributed by atoms with E-state index in [2.05, 4.69) is 15.1 Å². The Balaban J connectivity index is 1.61. The minimum Gasteiger partial charge on any atom is -0.368 e. The van der Waals surface area contributed by atoms with Gasteiger partial charge in [0.2, 0.25) is 5.91 Å². The smallest absolute Gasteiger partial charge is 0.241 e. The fraction of sp³-hybridized carbons (Fsp3) is 0.333. The van der Waals surface area contributed by atoms with E-state index in [0.717, 1.165) is 36.9 Å². The number of Topliss-reactive ketones (excluding diaryl/α,β-unsaturated/α-hetero) is 1. The van der Waals surface area contributed by atoms with Gasteiger partial charge in [-0.2, -0.15) is 0 Å². The number of amides is 1. The lowest BCUT2D eigenvalue weighted by atomic mass is 10.1. The third-order valence-corrected chi connectivity index (χ3v) is 5.32. The molecule has 2 aromatic rings. The number of nitrogens with zero attached hydrogens (tertiary/aromatic N) is 2. The highest BCUT2D eigenvalue weighted by Gasteiger charge is 2.26. The van der Waals surface area contributed by atoms with Crippen LogP contribution in [0.15, 0.2) is 48.5 Å². The lowest BCUT2D eigenvalue weighted by Crippen LogP contribution is -2.53. The maximum absolute atomic E-state index is 12.7. The molecule has 0 unspecified atom stereocenters. The topological polar surface area (TPSA) is 52.7 Å². The van der Waals surface area contributed by atoms with Gasteiger partial charge in [-0.25, -0.2) is 0 Å². The Morgan fingerprint density at radius 1 is 1.00 bits per heavy atom. The van der Waals surface area contributed by atoms with Crippen LogP contribution in [0.3, 0.4) is 0 Å². The molecule has 2 aromatic carbocycles. The molecule has 6 heteroatoms. The Kier molecular flexibility index (Phi) is 6.14. The number of carbonyl (C=O) groups excluding carboxylic acids is 2. The van der Waals surface area contributed by atoms with Crippen LogP contribution in [0.4, 0.5) is 11.4 Å². The van der Waals surface area contributed by atoms with Gasteiger partial charge in [-0.15, -0.1) is 0 Å². The first kappa shape index (κ1) is 19.4. The van der Waals surface area contributed by atoms with Gasteiger partial charge in [0, 0.05) is 31.7 Å². The number of para-hydroxylation sites is 2. The number of anilines is 2. The molecule has 1 fully saturated rings. The fourth-order valence-electron chi connectivity index (χ4n) is 3.36. The molecule has 3 rings (SSSR count). The first-order valence-corrected chi connectivity index (χ1v) is 9.49. The normalized spacial score (nSPS) is 16.0. The van der Waals surface area contributed by atoms with Crippen molar-refractivity contribution in [3.8, 4) is 0 Å². The quantitative estimate of drug-likeness (QED) is 0.797. The Labute approximate surface area is 164 Å². The van der Waals surface area contributed by atoms with Gasteiger partial charge in [-0.05, 0) is 38.1 Å². The van der Waals surface area contributed by atoms with Gasteiger partial charge in [0.25, 0.3) is 0 Å². The maximum atomic E-state index is 12.7. The van der Waals surface area contributed by atoms with Crippen LogP contribution < -0.4 is 10.2 Å². The summed E-state index contributed by atoms with van der Waals surface area (Å²) < 4.78 is 0. The summed E-state index contributed by atoms with van der Waals surface area (Å²) >= 11 is 6.29. The van der Waals surface area contributed by atoms with Gasteiger partial charge in [-0.3, -0.25) is 14.5 Å². The molecule has 1 amide bonds. The van der Waals surface area contributed by atoms with Crippen LogP contribution in [0.1, 0.15) is 24.2 Å². The molecule has 1 aliphatic heterocycles. The number of halogens is 1. The second kappa shape index (κ2) is 8.55. The molecule has 1 N–H and O–H groups in total. The largest absolute Gasteiger partial charge is 0.368 e. The molecule has 1 atom stereocenters. The van der Waals surface area contributed by atoms with Crippen LogP contribution in [0, 0.1) is 0 Å². The Bertz CT molecular complexity index is 832. The zero-order valence-electron chi connectivity index (χ0n) is 15.6. The van der Waals surface area contributed by atoms with Crippen LogP contribution >= 0.6 is 11.6 Å². The molecule has 1 aliphatic rings. The zero-order chi connectivity index (χ0) is 19.4. The Morgan fingerprint density at radius 2 is 1.63 bits per heavy atom. The van der Waals surface area contributed by atoms with Crippen molar-refractivity contribution in [1.82, 2.24) is 4.90 Å². The summed E-state index contributed by atoms with van der Waals surface area (Å²) in [7, 11) is 0. The molecular formula is C21H24ClN3O2. The van der Waals surface area contributed by atoms with Crippen molar-refractivity contribution in [3.05, 3.63) is 59.1 Å². The lowest BCUT2D eigenvalue weighted by Gasteiger charge is -2.38. The summed E-state index contributed by atoms with van der Waals surface area (Å²) in [5.74, 6) is -0.165. The average Bonchev–Trinajstić information content (AvgIpc) is 2.68. The number of hydrogen-bond acceptors (Lipinski definition) is 4. The van der Waals surface area contributed by atoms with E-state index in [1.165, 1.54) is 6.92 Å². The minimum atomic E-state index is -0.279. The third kappa shape index (κ3) is 4.49. The van der Waals surface area contributed by atoms with Crippen LogP contribution in [-0.4, -0.2) is 48.8 Å². The van der Waals surface area contributed by atoms with E-state index in [1.807, 2.05) is 37.3 Å². The van der Waals surface area contributed by atoms with Crippen LogP contribution in [0.2, 0.25) is 5.02 Å². The summed E-state index contributed by atoms with van der Waals surface area (Å²) in [6, 6.07) is 14.6. The highest BCUT2D eigenvalue weighted by Crippen LogP contribution is 2.26. The standard InChI is InChI=1S/C21H24ClN3O2/c1-15(21(27)23-19-9-5-3-7-17(19)16(2)26)24-11-13-25(14-12-24)20-10-6-4-8-18(20)22/h3-10,15H,11-14H2,1-2H3,(H,23,27)/t15-/m0/s1. The highest BCUT2D eigenvalue weighted by atomic mass is 35.5.